The Morgan fingerprint density at radius 3 is 2.79 bits per heavy atom. The van der Waals surface area contributed by atoms with Crippen molar-refractivity contribution in [2.45, 2.75) is 45.1 Å². The van der Waals surface area contributed by atoms with Crippen molar-refractivity contribution >= 4 is 6.29 Å². The lowest BCUT2D eigenvalue weighted by atomic mass is 9.84. The molecule has 0 aromatic heterocycles. The van der Waals surface area contributed by atoms with Crippen molar-refractivity contribution in [3.05, 3.63) is 23.0 Å². The van der Waals surface area contributed by atoms with Crippen molar-refractivity contribution in [1.82, 2.24) is 0 Å². The number of fused-ring (bicyclic) bond motifs is 1. The summed E-state index contributed by atoms with van der Waals surface area (Å²) < 4.78 is 5.63. The van der Waals surface area contributed by atoms with Gasteiger partial charge in [-0.25, -0.2) is 0 Å². The summed E-state index contributed by atoms with van der Waals surface area (Å²) in [5, 5.41) is 0. The van der Waals surface area contributed by atoms with E-state index in [9.17, 15) is 4.79 Å². The Kier molecular flexibility index (Phi) is 2.22. The summed E-state index contributed by atoms with van der Waals surface area (Å²) in [5.74, 6) is 0.562. The molecule has 0 unspecified atom stereocenters. The van der Waals surface area contributed by atoms with Crippen molar-refractivity contribution in [2.24, 2.45) is 0 Å². The number of carbonyl (C=O) groups excluding carboxylic acids is 1. The highest BCUT2D eigenvalue weighted by Crippen LogP contribution is 2.37. The van der Waals surface area contributed by atoms with E-state index < -0.39 is 0 Å². The first kappa shape index (κ1) is 9.50. The normalized spacial score (nSPS) is 24.9. The van der Waals surface area contributed by atoms with Crippen LogP contribution in [0.3, 0.4) is 0 Å². The molecule has 2 heteroatoms. The molecule has 14 heavy (non-hydrogen) atoms. The predicted molar refractivity (Wildman–Crippen MR) is 54.8 cm³/mol. The molecule has 0 aromatic carbocycles. The van der Waals surface area contributed by atoms with Crippen LogP contribution >= 0.6 is 0 Å². The van der Waals surface area contributed by atoms with E-state index >= 15 is 0 Å². The van der Waals surface area contributed by atoms with E-state index in [2.05, 4.69) is 6.08 Å². The summed E-state index contributed by atoms with van der Waals surface area (Å²) in [6.07, 6.45) is 7.52. The highest BCUT2D eigenvalue weighted by molar-refractivity contribution is 5.74. The van der Waals surface area contributed by atoms with Crippen LogP contribution in [0.4, 0.5) is 0 Å². The molecule has 0 atom stereocenters. The third-order valence-corrected chi connectivity index (χ3v) is 2.81. The first-order chi connectivity index (χ1) is 6.62. The molecule has 1 saturated carbocycles. The molecule has 0 saturated heterocycles. The van der Waals surface area contributed by atoms with Gasteiger partial charge in [-0.2, -0.15) is 0 Å². The maximum Gasteiger partial charge on any atom is 0.185 e. The van der Waals surface area contributed by atoms with Crippen molar-refractivity contribution < 1.29 is 9.53 Å². The third-order valence-electron chi connectivity index (χ3n) is 2.81. The Bertz CT molecular complexity index is 321. The smallest absolute Gasteiger partial charge is 0.185 e. The summed E-state index contributed by atoms with van der Waals surface area (Å²) in [7, 11) is 0. The van der Waals surface area contributed by atoms with Crippen LogP contribution in [-0.2, 0) is 9.53 Å². The van der Waals surface area contributed by atoms with Crippen LogP contribution < -0.4 is 0 Å². The molecular weight excluding hydrogens is 176 g/mol. The van der Waals surface area contributed by atoms with Crippen molar-refractivity contribution in [2.75, 3.05) is 0 Å². The molecule has 1 heterocycles. The zero-order chi connectivity index (χ0) is 10.2. The summed E-state index contributed by atoms with van der Waals surface area (Å²) in [6, 6.07) is 0. The lowest BCUT2D eigenvalue weighted by molar-refractivity contribution is -0.109. The van der Waals surface area contributed by atoms with Gasteiger partial charge >= 0.3 is 0 Å². The first-order valence-electron chi connectivity index (χ1n) is 5.22. The Morgan fingerprint density at radius 2 is 2.07 bits per heavy atom. The molecule has 2 nitrogen and oxygen atoms in total. The summed E-state index contributed by atoms with van der Waals surface area (Å²) >= 11 is 0. The molecule has 0 radical (unpaired) electrons. The molecule has 1 aliphatic carbocycles. The van der Waals surface area contributed by atoms with Crippen LogP contribution in [0.2, 0.25) is 0 Å². The van der Waals surface area contributed by atoms with Gasteiger partial charge < -0.3 is 4.74 Å². The van der Waals surface area contributed by atoms with E-state index in [1.54, 1.807) is 0 Å². The topological polar surface area (TPSA) is 26.3 Å². The van der Waals surface area contributed by atoms with Gasteiger partial charge in [0.15, 0.2) is 12.0 Å². The average Bonchev–Trinajstić information content (AvgIpc) is 2.15. The first-order valence-corrected chi connectivity index (χ1v) is 5.22. The second-order valence-electron chi connectivity index (χ2n) is 4.54. The SMILES string of the molecule is CC1(C)C=C2CCCCC2=C(C=O)O1. The molecule has 0 N–H and O–H groups in total. The minimum absolute atomic E-state index is 0.313. The Hall–Kier alpha value is -1.05. The maximum absolute atomic E-state index is 10.9. The third kappa shape index (κ3) is 1.61. The highest BCUT2D eigenvalue weighted by Gasteiger charge is 2.29. The number of hydrogen-bond donors (Lipinski definition) is 0. The van der Waals surface area contributed by atoms with Crippen molar-refractivity contribution in [3.63, 3.8) is 0 Å². The predicted octanol–water partition coefficient (Wildman–Crippen LogP) is 2.75. The standard InChI is InChI=1S/C12H16O2/c1-12(2)7-9-5-3-4-6-10(9)11(8-13)14-12/h7-8H,3-6H2,1-2H3. The van der Waals surface area contributed by atoms with E-state index in [-0.39, 0.29) is 5.60 Å². The molecule has 0 aromatic rings. The second-order valence-corrected chi connectivity index (χ2v) is 4.54. The number of aldehydes is 1. The summed E-state index contributed by atoms with van der Waals surface area (Å²) in [4.78, 5) is 10.9. The van der Waals surface area contributed by atoms with Crippen LogP contribution in [0, 0.1) is 0 Å². The van der Waals surface area contributed by atoms with E-state index in [1.165, 1.54) is 18.4 Å². The molecular formula is C12H16O2. The number of rotatable bonds is 1. The number of allylic oxidation sites excluding steroid dienone is 3. The van der Waals surface area contributed by atoms with Gasteiger partial charge in [0, 0.05) is 5.57 Å². The van der Waals surface area contributed by atoms with Crippen LogP contribution in [0.15, 0.2) is 23.0 Å². The molecule has 0 amide bonds. The summed E-state index contributed by atoms with van der Waals surface area (Å²) in [5.41, 5.74) is 2.16. The monoisotopic (exact) mass is 192 g/mol. The Morgan fingerprint density at radius 1 is 1.36 bits per heavy atom. The number of carbonyl (C=O) groups is 1. The van der Waals surface area contributed by atoms with Crippen molar-refractivity contribution in [1.29, 1.82) is 0 Å². The van der Waals surface area contributed by atoms with Crippen molar-refractivity contribution in [3.8, 4) is 0 Å². The average molecular weight is 192 g/mol. The van der Waals surface area contributed by atoms with Gasteiger partial charge in [-0.05, 0) is 51.2 Å². The second kappa shape index (κ2) is 3.26. The molecule has 2 rings (SSSR count). The van der Waals surface area contributed by atoms with Gasteiger partial charge in [-0.1, -0.05) is 0 Å². The zero-order valence-corrected chi connectivity index (χ0v) is 8.80. The van der Waals surface area contributed by atoms with Gasteiger partial charge in [0.05, 0.1) is 0 Å². The van der Waals surface area contributed by atoms with Crippen LogP contribution in [0.5, 0.6) is 0 Å². The van der Waals surface area contributed by atoms with E-state index in [1.807, 2.05) is 13.8 Å². The van der Waals surface area contributed by atoms with Gasteiger partial charge in [-0.3, -0.25) is 4.79 Å². The minimum Gasteiger partial charge on any atom is -0.480 e. The summed E-state index contributed by atoms with van der Waals surface area (Å²) in [6.45, 7) is 3.99. The quantitative estimate of drug-likeness (QED) is 0.597. The van der Waals surface area contributed by atoms with Crippen LogP contribution in [-0.4, -0.2) is 11.9 Å². The number of ether oxygens (including phenoxy) is 1. The minimum atomic E-state index is -0.313. The lowest BCUT2D eigenvalue weighted by Gasteiger charge is -2.33. The fourth-order valence-electron chi connectivity index (χ4n) is 2.26. The van der Waals surface area contributed by atoms with E-state index in [4.69, 9.17) is 4.74 Å². The molecule has 1 fully saturated rings. The van der Waals surface area contributed by atoms with Gasteiger partial charge in [0.1, 0.15) is 5.60 Å². The van der Waals surface area contributed by atoms with E-state index in [0.717, 1.165) is 24.7 Å². The maximum atomic E-state index is 10.9. The zero-order valence-electron chi connectivity index (χ0n) is 8.80. The van der Waals surface area contributed by atoms with Gasteiger partial charge in [0.25, 0.3) is 0 Å². The highest BCUT2D eigenvalue weighted by atomic mass is 16.5. The van der Waals surface area contributed by atoms with Gasteiger partial charge in [-0.15, -0.1) is 0 Å². The molecule has 0 spiro atoms. The van der Waals surface area contributed by atoms with Gasteiger partial charge in [0.2, 0.25) is 0 Å². The molecule has 0 bridgehead atoms. The molecule has 2 aliphatic rings. The van der Waals surface area contributed by atoms with Crippen LogP contribution in [0.25, 0.3) is 0 Å². The number of hydrogen-bond acceptors (Lipinski definition) is 2. The fraction of sp³-hybridized carbons (Fsp3) is 0.583. The Labute approximate surface area is 84.6 Å². The Balaban J connectivity index is 2.40. The largest absolute Gasteiger partial charge is 0.480 e. The fourth-order valence-corrected chi connectivity index (χ4v) is 2.26. The lowest BCUT2D eigenvalue weighted by Crippen LogP contribution is -2.27. The van der Waals surface area contributed by atoms with Crippen LogP contribution in [0.1, 0.15) is 39.5 Å². The van der Waals surface area contributed by atoms with E-state index in [0.29, 0.717) is 5.76 Å². The molecule has 1 aliphatic heterocycles. The molecule has 76 valence electrons.